The molecule has 5 rings (SSSR count). The first kappa shape index (κ1) is 22.8. The Morgan fingerprint density at radius 3 is 2.82 bits per heavy atom. The molecule has 0 spiro atoms. The molecular weight excluding hydrogens is 468 g/mol. The second-order valence-corrected chi connectivity index (χ2v) is 10.0. The van der Waals surface area contributed by atoms with Gasteiger partial charge in [-0.3, -0.25) is 18.9 Å². The maximum atomic E-state index is 13.5. The molecule has 1 N–H and O–H groups in total. The lowest BCUT2D eigenvalue weighted by molar-refractivity contribution is -0.123. The van der Waals surface area contributed by atoms with Crippen LogP contribution in [0.4, 0.5) is 5.82 Å². The minimum atomic E-state index is -0.242. The lowest BCUT2D eigenvalue weighted by Crippen LogP contribution is -2.35. The zero-order chi connectivity index (χ0) is 23.7. The van der Waals surface area contributed by atoms with Gasteiger partial charge in [-0.25, -0.2) is 4.98 Å². The number of aromatic nitrogens is 2. The summed E-state index contributed by atoms with van der Waals surface area (Å²) in [4.78, 5) is 33.4. The van der Waals surface area contributed by atoms with E-state index in [9.17, 15) is 9.59 Å². The first-order chi connectivity index (χ1) is 16.5. The van der Waals surface area contributed by atoms with Crippen LogP contribution in [0.25, 0.3) is 11.7 Å². The smallest absolute Gasteiger partial charge is 0.267 e. The number of pyridine rings is 1. The van der Waals surface area contributed by atoms with Gasteiger partial charge in [0.2, 0.25) is 0 Å². The van der Waals surface area contributed by atoms with Gasteiger partial charge in [0, 0.05) is 19.3 Å². The van der Waals surface area contributed by atoms with E-state index in [-0.39, 0.29) is 17.6 Å². The van der Waals surface area contributed by atoms with Crippen molar-refractivity contribution in [1.82, 2.24) is 14.3 Å². The Bertz CT molecular complexity index is 1350. The van der Waals surface area contributed by atoms with Crippen molar-refractivity contribution in [2.75, 3.05) is 18.5 Å². The van der Waals surface area contributed by atoms with Crippen LogP contribution in [0.2, 0.25) is 0 Å². The van der Waals surface area contributed by atoms with E-state index in [0.29, 0.717) is 46.0 Å². The zero-order valence-electron chi connectivity index (χ0n) is 18.7. The van der Waals surface area contributed by atoms with Gasteiger partial charge in [-0.1, -0.05) is 60.4 Å². The van der Waals surface area contributed by atoms with Gasteiger partial charge >= 0.3 is 0 Å². The second-order valence-electron chi connectivity index (χ2n) is 8.33. The molecule has 174 valence electrons. The van der Waals surface area contributed by atoms with Crippen molar-refractivity contribution >= 4 is 51.7 Å². The average molecular weight is 493 g/mol. The van der Waals surface area contributed by atoms with Gasteiger partial charge in [0.05, 0.1) is 23.1 Å². The molecule has 0 bridgehead atoms. The van der Waals surface area contributed by atoms with Crippen molar-refractivity contribution in [1.29, 1.82) is 0 Å². The van der Waals surface area contributed by atoms with Crippen LogP contribution in [-0.2, 0) is 16.1 Å². The first-order valence-electron chi connectivity index (χ1n) is 11.2. The molecule has 2 fully saturated rings. The normalized spacial score (nSPS) is 19.5. The van der Waals surface area contributed by atoms with Gasteiger partial charge in [0.15, 0.2) is 0 Å². The molecule has 2 aromatic heterocycles. The third kappa shape index (κ3) is 4.51. The van der Waals surface area contributed by atoms with Crippen LogP contribution in [0.15, 0.2) is 58.4 Å². The monoisotopic (exact) mass is 492 g/mol. The maximum absolute atomic E-state index is 13.5. The number of amides is 1. The van der Waals surface area contributed by atoms with Gasteiger partial charge in [0.1, 0.15) is 15.8 Å². The highest BCUT2D eigenvalue weighted by molar-refractivity contribution is 8.26. The van der Waals surface area contributed by atoms with E-state index >= 15 is 0 Å². The molecule has 2 aliphatic rings. The summed E-state index contributed by atoms with van der Waals surface area (Å²) in [7, 11) is 0. The Morgan fingerprint density at radius 1 is 1.24 bits per heavy atom. The Kier molecular flexibility index (Phi) is 6.49. The number of fused-ring (bicyclic) bond motifs is 1. The van der Waals surface area contributed by atoms with Crippen molar-refractivity contribution in [3.63, 3.8) is 0 Å². The number of anilines is 1. The predicted octanol–water partition coefficient (Wildman–Crippen LogP) is 4.00. The molecule has 0 radical (unpaired) electrons. The molecule has 2 aliphatic heterocycles. The number of aryl methyl sites for hydroxylation is 1. The third-order valence-corrected chi connectivity index (χ3v) is 7.32. The minimum Gasteiger partial charge on any atom is -0.376 e. The summed E-state index contributed by atoms with van der Waals surface area (Å²) in [5, 5.41) is 3.30. The zero-order valence-corrected chi connectivity index (χ0v) is 20.3. The van der Waals surface area contributed by atoms with Crippen molar-refractivity contribution in [3.05, 3.63) is 80.6 Å². The molecule has 7 nitrogen and oxygen atoms in total. The first-order valence-corrected chi connectivity index (χ1v) is 12.4. The van der Waals surface area contributed by atoms with Crippen LogP contribution in [0.1, 0.15) is 29.5 Å². The lowest BCUT2D eigenvalue weighted by Gasteiger charge is -2.18. The van der Waals surface area contributed by atoms with Crippen molar-refractivity contribution in [3.8, 4) is 0 Å². The van der Waals surface area contributed by atoms with Crippen LogP contribution in [0.5, 0.6) is 0 Å². The van der Waals surface area contributed by atoms with Gasteiger partial charge in [-0.15, -0.1) is 0 Å². The van der Waals surface area contributed by atoms with Gasteiger partial charge in [-0.2, -0.15) is 0 Å². The summed E-state index contributed by atoms with van der Waals surface area (Å²) < 4.78 is 7.68. The van der Waals surface area contributed by atoms with Crippen molar-refractivity contribution in [2.24, 2.45) is 0 Å². The van der Waals surface area contributed by atoms with E-state index in [1.54, 1.807) is 17.2 Å². The Labute approximate surface area is 206 Å². The molecule has 34 heavy (non-hydrogen) atoms. The number of nitrogens with one attached hydrogen (secondary N) is 1. The molecule has 0 aliphatic carbocycles. The van der Waals surface area contributed by atoms with Crippen LogP contribution in [0, 0.1) is 6.92 Å². The standard InChI is InChI=1S/C25H24N4O3S2/c1-16-7-5-11-28-22(16)27-21(26-14-17-8-3-2-4-9-17)19(23(28)30)13-20-24(31)29(25(33)34-20)15-18-10-6-12-32-18/h2-5,7-9,11,13,18,26H,6,10,12,14-15H2,1H3/b20-13-/t18-/m0/s1. The highest BCUT2D eigenvalue weighted by Crippen LogP contribution is 2.34. The minimum absolute atomic E-state index is 0.000820. The molecule has 0 saturated carbocycles. The van der Waals surface area contributed by atoms with Crippen LogP contribution >= 0.6 is 24.0 Å². The lowest BCUT2D eigenvalue weighted by atomic mass is 10.2. The number of hydrogen-bond acceptors (Lipinski definition) is 7. The number of nitrogens with zero attached hydrogens (tertiary/aromatic N) is 3. The van der Waals surface area contributed by atoms with E-state index in [4.69, 9.17) is 21.9 Å². The highest BCUT2D eigenvalue weighted by Gasteiger charge is 2.35. The topological polar surface area (TPSA) is 75.9 Å². The molecule has 1 amide bonds. The largest absolute Gasteiger partial charge is 0.376 e. The number of hydrogen-bond donors (Lipinski definition) is 1. The Balaban J connectivity index is 1.53. The van der Waals surface area contributed by atoms with Gasteiger partial charge in [-0.05, 0) is 43.0 Å². The van der Waals surface area contributed by atoms with E-state index in [1.165, 1.54) is 16.2 Å². The molecule has 3 aromatic rings. The quantitative estimate of drug-likeness (QED) is 0.412. The molecule has 9 heteroatoms. The third-order valence-electron chi connectivity index (χ3n) is 5.95. The van der Waals surface area contributed by atoms with E-state index < -0.39 is 0 Å². The average Bonchev–Trinajstić information content (AvgIpc) is 3.45. The summed E-state index contributed by atoms with van der Waals surface area (Å²) in [5.41, 5.74) is 2.61. The Morgan fingerprint density at radius 2 is 2.06 bits per heavy atom. The molecule has 1 atom stereocenters. The number of thioether (sulfide) groups is 1. The molecule has 2 saturated heterocycles. The van der Waals surface area contributed by atoms with Crippen LogP contribution in [-0.4, -0.2) is 43.8 Å². The Hall–Kier alpha value is -3.01. The number of benzene rings is 1. The van der Waals surface area contributed by atoms with Crippen LogP contribution < -0.4 is 10.9 Å². The number of carbonyl (C=O) groups is 1. The summed E-state index contributed by atoms with van der Waals surface area (Å²) >= 11 is 6.69. The predicted molar refractivity (Wildman–Crippen MR) is 139 cm³/mol. The maximum Gasteiger partial charge on any atom is 0.267 e. The molecular formula is C25H24N4O3S2. The molecule has 1 aromatic carbocycles. The number of thiocarbonyl (C=S) groups is 1. The fourth-order valence-electron chi connectivity index (χ4n) is 4.14. The number of rotatable bonds is 6. The van der Waals surface area contributed by atoms with Gasteiger partial charge in [0.25, 0.3) is 11.5 Å². The van der Waals surface area contributed by atoms with Crippen molar-refractivity contribution < 1.29 is 9.53 Å². The number of ether oxygens (including phenoxy) is 1. The summed E-state index contributed by atoms with van der Waals surface area (Å²) in [6.45, 7) is 3.56. The highest BCUT2D eigenvalue weighted by atomic mass is 32.2. The second kappa shape index (κ2) is 9.69. The summed E-state index contributed by atoms with van der Waals surface area (Å²) in [5.74, 6) is 0.237. The fraction of sp³-hybridized carbons (Fsp3) is 0.280. The SMILES string of the molecule is Cc1cccn2c(=O)c(/C=C3\SC(=S)N(C[C@@H]4CCCO4)C3=O)c(NCc3ccccc3)nc12. The van der Waals surface area contributed by atoms with E-state index in [1.807, 2.05) is 49.4 Å². The van der Waals surface area contributed by atoms with Gasteiger partial charge < -0.3 is 10.1 Å². The summed E-state index contributed by atoms with van der Waals surface area (Å²) in [6, 6.07) is 13.6. The number of carbonyl (C=O) groups excluding carboxylic acids is 1. The van der Waals surface area contributed by atoms with E-state index in [0.717, 1.165) is 24.0 Å². The molecule has 0 unspecified atom stereocenters. The summed E-state index contributed by atoms with van der Waals surface area (Å²) in [6.07, 6.45) is 5.22. The molecule has 4 heterocycles. The fourth-order valence-corrected chi connectivity index (χ4v) is 5.40. The van der Waals surface area contributed by atoms with Crippen molar-refractivity contribution in [2.45, 2.75) is 32.4 Å². The van der Waals surface area contributed by atoms with E-state index in [2.05, 4.69) is 5.32 Å². The van der Waals surface area contributed by atoms with Crippen LogP contribution in [0.3, 0.4) is 0 Å².